The van der Waals surface area contributed by atoms with Gasteiger partial charge in [0.1, 0.15) is 16.5 Å². The highest BCUT2D eigenvalue weighted by molar-refractivity contribution is 7.89. The molecule has 148 valence electrons. The number of anilines is 2. The minimum Gasteiger partial charge on any atom is -0.340 e. The van der Waals surface area contributed by atoms with Crippen LogP contribution in [0.5, 0.6) is 0 Å². The fraction of sp³-hybridized carbons (Fsp3) is 0.400. The number of aromatic nitrogens is 2. The van der Waals surface area contributed by atoms with Crippen molar-refractivity contribution in [2.45, 2.75) is 38.0 Å². The molecule has 1 aromatic carbocycles. The van der Waals surface area contributed by atoms with Crippen molar-refractivity contribution in [1.29, 1.82) is 0 Å². The predicted octanol–water partition coefficient (Wildman–Crippen LogP) is 4.12. The first kappa shape index (κ1) is 19.3. The lowest BCUT2D eigenvalue weighted by atomic mass is 9.89. The van der Waals surface area contributed by atoms with Crippen LogP contribution in [0.4, 0.5) is 11.5 Å². The summed E-state index contributed by atoms with van der Waals surface area (Å²) in [5, 5.41) is 4.44. The van der Waals surface area contributed by atoms with Gasteiger partial charge in [-0.3, -0.25) is 0 Å². The summed E-state index contributed by atoms with van der Waals surface area (Å²) in [5.41, 5.74) is 2.05. The Morgan fingerprint density at radius 2 is 2.04 bits per heavy atom. The Hall–Kier alpha value is -2.03. The molecule has 1 aliphatic rings. The fourth-order valence-electron chi connectivity index (χ4n) is 3.62. The summed E-state index contributed by atoms with van der Waals surface area (Å²) in [6.45, 7) is 4.18. The first-order chi connectivity index (χ1) is 13.3. The monoisotopic (exact) mass is 416 g/mol. The lowest BCUT2D eigenvalue weighted by Gasteiger charge is -2.18. The Bertz CT molecular complexity index is 1150. The van der Waals surface area contributed by atoms with Gasteiger partial charge in [-0.15, -0.1) is 11.3 Å². The molecule has 2 aromatic heterocycles. The zero-order valence-electron chi connectivity index (χ0n) is 16.5. The van der Waals surface area contributed by atoms with Crippen LogP contribution in [0.1, 0.15) is 29.6 Å². The summed E-state index contributed by atoms with van der Waals surface area (Å²) in [6.07, 6.45) is 3.29. The molecular formula is C20H24N4O2S2. The molecule has 6 nitrogen and oxygen atoms in total. The molecule has 1 aliphatic carbocycles. The largest absolute Gasteiger partial charge is 0.340 e. The lowest BCUT2D eigenvalue weighted by molar-refractivity contribution is 0.509. The lowest BCUT2D eigenvalue weighted by Crippen LogP contribution is -2.22. The van der Waals surface area contributed by atoms with Crippen LogP contribution in [0.3, 0.4) is 0 Å². The van der Waals surface area contributed by atoms with E-state index in [1.807, 2.05) is 13.0 Å². The Kier molecular flexibility index (Phi) is 4.89. The third kappa shape index (κ3) is 3.40. The number of nitrogens with zero attached hydrogens (tertiary/aromatic N) is 3. The van der Waals surface area contributed by atoms with Gasteiger partial charge < -0.3 is 5.32 Å². The third-order valence-electron chi connectivity index (χ3n) is 5.14. The minimum atomic E-state index is -3.49. The van der Waals surface area contributed by atoms with Gasteiger partial charge in [-0.25, -0.2) is 22.7 Å². The van der Waals surface area contributed by atoms with Crippen LogP contribution in [0, 0.1) is 12.8 Å². The molecule has 1 atom stereocenters. The van der Waals surface area contributed by atoms with Crippen molar-refractivity contribution in [3.8, 4) is 0 Å². The predicted molar refractivity (Wildman–Crippen MR) is 114 cm³/mol. The number of benzene rings is 1. The van der Waals surface area contributed by atoms with E-state index in [0.29, 0.717) is 17.4 Å². The second-order valence-electron chi connectivity index (χ2n) is 7.59. The molecule has 0 aliphatic heterocycles. The summed E-state index contributed by atoms with van der Waals surface area (Å²) < 4.78 is 26.1. The van der Waals surface area contributed by atoms with Crippen LogP contribution in [0.25, 0.3) is 10.2 Å². The average Bonchev–Trinajstić information content (AvgIpc) is 2.98. The molecule has 0 spiro atoms. The summed E-state index contributed by atoms with van der Waals surface area (Å²) in [4.78, 5) is 12.0. The topological polar surface area (TPSA) is 75.2 Å². The molecule has 0 saturated heterocycles. The van der Waals surface area contributed by atoms with Gasteiger partial charge in [0, 0.05) is 24.7 Å². The number of thiophene rings is 1. The SMILES string of the molecule is Cc1nc(Nc2cccc(S(=O)(=O)N(C)C)c2)c2c3c(sc2n1)CC(C)CC3. The van der Waals surface area contributed by atoms with Crippen molar-refractivity contribution in [3.63, 3.8) is 0 Å². The van der Waals surface area contributed by atoms with E-state index in [0.717, 1.165) is 28.9 Å². The van der Waals surface area contributed by atoms with Gasteiger partial charge in [-0.05, 0) is 55.9 Å². The standard InChI is InChI=1S/C20H24N4O2S2/c1-12-8-9-16-17(10-12)27-20-18(16)19(21-13(2)22-20)23-14-6-5-7-15(11-14)28(25,26)24(3)4/h5-7,11-12H,8-10H2,1-4H3,(H,21,22,23). The molecule has 0 bridgehead atoms. The Balaban J connectivity index is 1.79. The van der Waals surface area contributed by atoms with Crippen molar-refractivity contribution in [3.05, 3.63) is 40.5 Å². The second-order valence-corrected chi connectivity index (χ2v) is 10.8. The highest BCUT2D eigenvalue weighted by Gasteiger charge is 2.24. The quantitative estimate of drug-likeness (QED) is 0.692. The molecule has 28 heavy (non-hydrogen) atoms. The van der Waals surface area contributed by atoms with Crippen LogP contribution < -0.4 is 5.32 Å². The van der Waals surface area contributed by atoms with Crippen molar-refractivity contribution in [2.75, 3.05) is 19.4 Å². The van der Waals surface area contributed by atoms with E-state index in [2.05, 4.69) is 22.2 Å². The van der Waals surface area contributed by atoms with E-state index >= 15 is 0 Å². The van der Waals surface area contributed by atoms with E-state index in [1.165, 1.54) is 35.3 Å². The Morgan fingerprint density at radius 1 is 1.25 bits per heavy atom. The molecule has 3 aromatic rings. The normalized spacial score (nSPS) is 17.1. The summed E-state index contributed by atoms with van der Waals surface area (Å²) >= 11 is 1.76. The van der Waals surface area contributed by atoms with E-state index in [4.69, 9.17) is 0 Å². The van der Waals surface area contributed by atoms with E-state index < -0.39 is 10.0 Å². The van der Waals surface area contributed by atoms with Crippen LogP contribution in [-0.2, 0) is 22.9 Å². The van der Waals surface area contributed by atoms with Gasteiger partial charge in [0.2, 0.25) is 10.0 Å². The van der Waals surface area contributed by atoms with Gasteiger partial charge in [0.05, 0.1) is 10.3 Å². The Morgan fingerprint density at radius 3 is 2.79 bits per heavy atom. The number of nitrogens with one attached hydrogen (secondary N) is 1. The molecule has 4 rings (SSSR count). The molecule has 0 amide bonds. The van der Waals surface area contributed by atoms with Crippen LogP contribution in [0.15, 0.2) is 29.2 Å². The Labute approximate surface area is 169 Å². The van der Waals surface area contributed by atoms with Crippen LogP contribution in [0.2, 0.25) is 0 Å². The van der Waals surface area contributed by atoms with Gasteiger partial charge in [0.25, 0.3) is 0 Å². The van der Waals surface area contributed by atoms with Crippen molar-refractivity contribution < 1.29 is 8.42 Å². The van der Waals surface area contributed by atoms with Crippen molar-refractivity contribution in [2.24, 2.45) is 5.92 Å². The van der Waals surface area contributed by atoms with E-state index in [9.17, 15) is 8.42 Å². The molecule has 8 heteroatoms. The molecule has 0 fully saturated rings. The number of sulfonamides is 1. The molecule has 1 N–H and O–H groups in total. The van der Waals surface area contributed by atoms with E-state index in [-0.39, 0.29) is 4.90 Å². The zero-order chi connectivity index (χ0) is 20.1. The average molecular weight is 417 g/mol. The third-order valence-corrected chi connectivity index (χ3v) is 8.10. The van der Waals surface area contributed by atoms with Crippen molar-refractivity contribution >= 4 is 43.1 Å². The maximum absolute atomic E-state index is 12.5. The van der Waals surface area contributed by atoms with E-state index in [1.54, 1.807) is 29.5 Å². The van der Waals surface area contributed by atoms with Gasteiger partial charge in [0.15, 0.2) is 0 Å². The van der Waals surface area contributed by atoms with Crippen molar-refractivity contribution in [1.82, 2.24) is 14.3 Å². The highest BCUT2D eigenvalue weighted by Crippen LogP contribution is 2.40. The number of rotatable bonds is 4. The molecular weight excluding hydrogens is 392 g/mol. The number of fused-ring (bicyclic) bond motifs is 3. The van der Waals surface area contributed by atoms with Crippen LogP contribution in [-0.4, -0.2) is 36.8 Å². The first-order valence-corrected chi connectivity index (χ1v) is 11.6. The maximum atomic E-state index is 12.5. The molecule has 0 radical (unpaired) electrons. The number of hydrogen-bond donors (Lipinski definition) is 1. The fourth-order valence-corrected chi connectivity index (χ4v) is 6.00. The molecule has 2 heterocycles. The van der Waals surface area contributed by atoms with Gasteiger partial charge in [-0.1, -0.05) is 13.0 Å². The summed E-state index contributed by atoms with van der Waals surface area (Å²) in [7, 11) is -0.423. The zero-order valence-corrected chi connectivity index (χ0v) is 18.1. The van der Waals surface area contributed by atoms with Gasteiger partial charge >= 0.3 is 0 Å². The maximum Gasteiger partial charge on any atom is 0.242 e. The summed E-state index contributed by atoms with van der Waals surface area (Å²) in [5.74, 6) is 2.16. The molecule has 0 saturated carbocycles. The van der Waals surface area contributed by atoms with Crippen LogP contribution >= 0.6 is 11.3 Å². The molecule has 1 unspecified atom stereocenters. The summed E-state index contributed by atoms with van der Waals surface area (Å²) in [6, 6.07) is 6.86. The van der Waals surface area contributed by atoms with Gasteiger partial charge in [-0.2, -0.15) is 0 Å². The highest BCUT2D eigenvalue weighted by atomic mass is 32.2. The minimum absolute atomic E-state index is 0.255. The first-order valence-electron chi connectivity index (χ1n) is 9.34. The number of hydrogen-bond acceptors (Lipinski definition) is 6. The number of aryl methyl sites for hydroxylation is 2. The second kappa shape index (κ2) is 7.09. The smallest absolute Gasteiger partial charge is 0.242 e.